The molecule has 1 atom stereocenters. The van der Waals surface area contributed by atoms with Crippen LogP contribution in [0, 0.1) is 12.8 Å². The third-order valence-electron chi connectivity index (χ3n) is 3.25. The van der Waals surface area contributed by atoms with Crippen LogP contribution in [-0.4, -0.2) is 16.9 Å². The van der Waals surface area contributed by atoms with Crippen LogP contribution in [0.3, 0.4) is 0 Å². The van der Waals surface area contributed by atoms with Crippen molar-refractivity contribution in [3.63, 3.8) is 0 Å². The summed E-state index contributed by atoms with van der Waals surface area (Å²) in [5.41, 5.74) is 8.60. The first-order valence-corrected chi connectivity index (χ1v) is 6.41. The molecule has 1 amide bonds. The summed E-state index contributed by atoms with van der Waals surface area (Å²) in [5.74, 6) is -0.0566. The van der Waals surface area contributed by atoms with Crippen LogP contribution in [0.1, 0.15) is 19.4 Å². The maximum absolute atomic E-state index is 12.0. The van der Waals surface area contributed by atoms with E-state index in [4.69, 9.17) is 5.73 Å². The van der Waals surface area contributed by atoms with Gasteiger partial charge in [0, 0.05) is 11.6 Å². The predicted molar refractivity (Wildman–Crippen MR) is 77.9 cm³/mol. The monoisotopic (exact) mass is 257 g/mol. The molecule has 0 fully saturated rings. The SMILES string of the molecule is Cc1ccc(NC(=O)[C@@H](N)C(C)C)c2cccnc12. The smallest absolute Gasteiger partial charge is 0.241 e. The number of carbonyl (C=O) groups is 1. The van der Waals surface area contributed by atoms with Crippen molar-refractivity contribution < 1.29 is 4.79 Å². The number of hydrogen-bond acceptors (Lipinski definition) is 3. The Morgan fingerprint density at radius 1 is 1.32 bits per heavy atom. The first kappa shape index (κ1) is 13.5. The molecule has 0 bridgehead atoms. The minimum atomic E-state index is -0.506. The predicted octanol–water partition coefficient (Wildman–Crippen LogP) is 2.47. The number of aromatic nitrogens is 1. The van der Waals surface area contributed by atoms with Gasteiger partial charge in [-0.15, -0.1) is 0 Å². The van der Waals surface area contributed by atoms with Gasteiger partial charge in [-0.3, -0.25) is 9.78 Å². The molecule has 0 aliphatic carbocycles. The zero-order valence-electron chi connectivity index (χ0n) is 11.5. The lowest BCUT2D eigenvalue weighted by Crippen LogP contribution is -2.39. The molecule has 1 heterocycles. The van der Waals surface area contributed by atoms with Crippen molar-refractivity contribution in [3.8, 4) is 0 Å². The van der Waals surface area contributed by atoms with Crippen molar-refractivity contribution >= 4 is 22.5 Å². The number of benzene rings is 1. The van der Waals surface area contributed by atoms with Gasteiger partial charge in [0.1, 0.15) is 0 Å². The van der Waals surface area contributed by atoms with Crippen molar-refractivity contribution in [1.82, 2.24) is 4.98 Å². The van der Waals surface area contributed by atoms with Crippen LogP contribution in [-0.2, 0) is 4.79 Å². The van der Waals surface area contributed by atoms with E-state index in [9.17, 15) is 4.79 Å². The van der Waals surface area contributed by atoms with Gasteiger partial charge in [0.25, 0.3) is 0 Å². The highest BCUT2D eigenvalue weighted by Gasteiger charge is 2.18. The molecule has 0 unspecified atom stereocenters. The second kappa shape index (κ2) is 5.36. The van der Waals surface area contributed by atoms with E-state index in [1.807, 2.05) is 45.0 Å². The standard InChI is InChI=1S/C15H19N3O/c1-9(2)13(16)15(19)18-12-7-6-10(3)14-11(12)5-4-8-17-14/h4-9,13H,16H2,1-3H3,(H,18,19)/t13-/m0/s1. The second-order valence-corrected chi connectivity index (χ2v) is 5.09. The van der Waals surface area contributed by atoms with Gasteiger partial charge in [0.05, 0.1) is 17.2 Å². The third kappa shape index (κ3) is 2.74. The lowest BCUT2D eigenvalue weighted by molar-refractivity contribution is -0.118. The Kier molecular flexibility index (Phi) is 3.81. The number of fused-ring (bicyclic) bond motifs is 1. The molecule has 2 rings (SSSR count). The van der Waals surface area contributed by atoms with Crippen LogP contribution >= 0.6 is 0 Å². The molecule has 0 saturated heterocycles. The van der Waals surface area contributed by atoms with E-state index in [2.05, 4.69) is 10.3 Å². The average Bonchev–Trinajstić information content (AvgIpc) is 2.41. The molecule has 0 radical (unpaired) electrons. The molecule has 1 aromatic carbocycles. The molecule has 2 aromatic rings. The normalized spacial score (nSPS) is 12.7. The van der Waals surface area contributed by atoms with E-state index in [1.165, 1.54) is 0 Å². The van der Waals surface area contributed by atoms with E-state index in [0.717, 1.165) is 22.2 Å². The van der Waals surface area contributed by atoms with Crippen molar-refractivity contribution in [2.45, 2.75) is 26.8 Å². The Bertz CT molecular complexity index is 607. The minimum Gasteiger partial charge on any atom is -0.324 e. The summed E-state index contributed by atoms with van der Waals surface area (Å²) in [5, 5.41) is 3.83. The van der Waals surface area contributed by atoms with Crippen LogP contribution < -0.4 is 11.1 Å². The summed E-state index contributed by atoms with van der Waals surface area (Å²) >= 11 is 0. The number of hydrogen-bond donors (Lipinski definition) is 2. The first-order chi connectivity index (χ1) is 9.00. The summed E-state index contributed by atoms with van der Waals surface area (Å²) in [6, 6.07) is 7.15. The fraction of sp³-hybridized carbons (Fsp3) is 0.333. The number of nitrogens with zero attached hydrogens (tertiary/aromatic N) is 1. The zero-order valence-corrected chi connectivity index (χ0v) is 11.5. The summed E-state index contributed by atoms with van der Waals surface area (Å²) in [6.45, 7) is 5.86. The molecule has 0 saturated carbocycles. The van der Waals surface area contributed by atoms with E-state index in [0.29, 0.717) is 0 Å². The van der Waals surface area contributed by atoms with Gasteiger partial charge in [0.15, 0.2) is 0 Å². The number of carbonyl (C=O) groups excluding carboxylic acids is 1. The van der Waals surface area contributed by atoms with Crippen molar-refractivity contribution in [2.75, 3.05) is 5.32 Å². The van der Waals surface area contributed by atoms with Crippen LogP contribution in [0.5, 0.6) is 0 Å². The molecule has 3 N–H and O–H groups in total. The van der Waals surface area contributed by atoms with Gasteiger partial charge in [-0.2, -0.15) is 0 Å². The first-order valence-electron chi connectivity index (χ1n) is 6.41. The number of nitrogens with two attached hydrogens (primary N) is 1. The zero-order chi connectivity index (χ0) is 14.0. The molecular weight excluding hydrogens is 238 g/mol. The topological polar surface area (TPSA) is 68.0 Å². The lowest BCUT2D eigenvalue weighted by atomic mass is 10.0. The number of amides is 1. The Morgan fingerprint density at radius 2 is 2.05 bits per heavy atom. The van der Waals surface area contributed by atoms with Gasteiger partial charge < -0.3 is 11.1 Å². The van der Waals surface area contributed by atoms with Crippen LogP contribution in [0.15, 0.2) is 30.5 Å². The van der Waals surface area contributed by atoms with Gasteiger partial charge in [-0.25, -0.2) is 0 Å². The number of anilines is 1. The molecule has 4 heteroatoms. The molecule has 100 valence electrons. The van der Waals surface area contributed by atoms with Crippen LogP contribution in [0.4, 0.5) is 5.69 Å². The number of pyridine rings is 1. The Morgan fingerprint density at radius 3 is 2.74 bits per heavy atom. The van der Waals surface area contributed by atoms with E-state index >= 15 is 0 Å². The van der Waals surface area contributed by atoms with E-state index < -0.39 is 6.04 Å². The summed E-state index contributed by atoms with van der Waals surface area (Å²) < 4.78 is 0. The summed E-state index contributed by atoms with van der Waals surface area (Å²) in [6.07, 6.45) is 1.75. The maximum Gasteiger partial charge on any atom is 0.241 e. The average molecular weight is 257 g/mol. The second-order valence-electron chi connectivity index (χ2n) is 5.09. The Labute approximate surface area is 113 Å². The molecule has 4 nitrogen and oxygen atoms in total. The Hall–Kier alpha value is -1.94. The van der Waals surface area contributed by atoms with Gasteiger partial charge in [-0.1, -0.05) is 19.9 Å². The fourth-order valence-corrected chi connectivity index (χ4v) is 1.94. The van der Waals surface area contributed by atoms with Gasteiger partial charge in [-0.05, 0) is 36.6 Å². The number of rotatable bonds is 3. The quantitative estimate of drug-likeness (QED) is 0.887. The molecule has 0 aliphatic heterocycles. The fourth-order valence-electron chi connectivity index (χ4n) is 1.94. The van der Waals surface area contributed by atoms with Gasteiger partial charge >= 0.3 is 0 Å². The maximum atomic E-state index is 12.0. The number of aryl methyl sites for hydroxylation is 1. The third-order valence-corrected chi connectivity index (χ3v) is 3.25. The largest absolute Gasteiger partial charge is 0.324 e. The van der Waals surface area contributed by atoms with E-state index in [1.54, 1.807) is 6.20 Å². The highest BCUT2D eigenvalue weighted by Crippen LogP contribution is 2.24. The highest BCUT2D eigenvalue weighted by molar-refractivity contribution is 6.03. The molecule has 1 aromatic heterocycles. The highest BCUT2D eigenvalue weighted by atomic mass is 16.2. The molecule has 19 heavy (non-hydrogen) atoms. The number of nitrogens with one attached hydrogen (secondary N) is 1. The molecule has 0 spiro atoms. The lowest BCUT2D eigenvalue weighted by Gasteiger charge is -2.16. The van der Waals surface area contributed by atoms with E-state index in [-0.39, 0.29) is 11.8 Å². The van der Waals surface area contributed by atoms with Crippen LogP contribution in [0.25, 0.3) is 10.9 Å². The summed E-state index contributed by atoms with van der Waals surface area (Å²) in [7, 11) is 0. The summed E-state index contributed by atoms with van der Waals surface area (Å²) in [4.78, 5) is 16.4. The van der Waals surface area contributed by atoms with Crippen molar-refractivity contribution in [2.24, 2.45) is 11.7 Å². The van der Waals surface area contributed by atoms with Crippen molar-refractivity contribution in [3.05, 3.63) is 36.0 Å². The van der Waals surface area contributed by atoms with Crippen molar-refractivity contribution in [1.29, 1.82) is 0 Å². The van der Waals surface area contributed by atoms with Crippen LogP contribution in [0.2, 0.25) is 0 Å². The molecular formula is C15H19N3O. The Balaban J connectivity index is 2.36. The molecule has 0 aliphatic rings. The van der Waals surface area contributed by atoms with Gasteiger partial charge in [0.2, 0.25) is 5.91 Å². The minimum absolute atomic E-state index is 0.106.